The molecule has 0 N–H and O–H groups in total. The second-order valence-corrected chi connectivity index (χ2v) is 4.67. The van der Waals surface area contributed by atoms with Gasteiger partial charge in [-0.05, 0) is 37.2 Å². The number of rotatable bonds is 7. The van der Waals surface area contributed by atoms with Gasteiger partial charge < -0.3 is 4.74 Å². The molecule has 0 heterocycles. The van der Waals surface area contributed by atoms with Gasteiger partial charge in [-0.15, -0.1) is 0 Å². The lowest BCUT2D eigenvalue weighted by Gasteiger charge is -2.20. The fraction of sp³-hybridized carbons (Fsp3) is 0.538. The molecule has 0 spiro atoms. The van der Waals surface area contributed by atoms with E-state index in [9.17, 15) is 4.39 Å². The molecule has 0 atom stereocenters. The van der Waals surface area contributed by atoms with E-state index in [1.165, 1.54) is 7.11 Å². The van der Waals surface area contributed by atoms with E-state index in [4.69, 9.17) is 4.74 Å². The van der Waals surface area contributed by atoms with Crippen molar-refractivity contribution in [2.45, 2.75) is 19.9 Å². The maximum Gasteiger partial charge on any atom is 0.165 e. The molecule has 0 aliphatic heterocycles. The number of alkyl halides is 1. The molecule has 0 radical (unpaired) electrons. The van der Waals surface area contributed by atoms with Crippen molar-refractivity contribution in [2.75, 3.05) is 25.5 Å². The van der Waals surface area contributed by atoms with Gasteiger partial charge in [0.25, 0.3) is 0 Å². The van der Waals surface area contributed by atoms with Gasteiger partial charge in [-0.25, -0.2) is 4.39 Å². The SMILES string of the molecule is CCN(CCCBr)Cc1ccc(OC)c(F)c1. The number of halogens is 2. The number of benzene rings is 1. The van der Waals surface area contributed by atoms with Crippen molar-refractivity contribution in [3.8, 4) is 5.75 Å². The van der Waals surface area contributed by atoms with Crippen molar-refractivity contribution in [3.05, 3.63) is 29.6 Å². The second-order valence-electron chi connectivity index (χ2n) is 3.88. The van der Waals surface area contributed by atoms with E-state index in [2.05, 4.69) is 27.8 Å². The summed E-state index contributed by atoms with van der Waals surface area (Å²) in [5.41, 5.74) is 0.986. The molecule has 0 fully saturated rings. The minimum Gasteiger partial charge on any atom is -0.494 e. The first kappa shape index (κ1) is 14.5. The molecular formula is C13H19BrFNO. The second kappa shape index (κ2) is 7.67. The molecule has 4 heteroatoms. The van der Waals surface area contributed by atoms with Crippen LogP contribution in [0.5, 0.6) is 5.75 Å². The Bertz CT molecular complexity index is 346. The van der Waals surface area contributed by atoms with Gasteiger partial charge in [0.15, 0.2) is 11.6 Å². The van der Waals surface area contributed by atoms with Crippen LogP contribution in [-0.4, -0.2) is 30.4 Å². The van der Waals surface area contributed by atoms with Crippen molar-refractivity contribution < 1.29 is 9.13 Å². The summed E-state index contributed by atoms with van der Waals surface area (Å²) in [7, 11) is 1.48. The highest BCUT2D eigenvalue weighted by atomic mass is 79.9. The summed E-state index contributed by atoms with van der Waals surface area (Å²) in [6.07, 6.45) is 1.10. The maximum absolute atomic E-state index is 13.5. The van der Waals surface area contributed by atoms with Crippen LogP contribution in [0.2, 0.25) is 0 Å². The lowest BCUT2D eigenvalue weighted by Crippen LogP contribution is -2.24. The number of nitrogens with zero attached hydrogens (tertiary/aromatic N) is 1. The minimum atomic E-state index is -0.290. The van der Waals surface area contributed by atoms with E-state index in [1.54, 1.807) is 12.1 Å². The van der Waals surface area contributed by atoms with Crippen molar-refractivity contribution in [2.24, 2.45) is 0 Å². The zero-order chi connectivity index (χ0) is 12.7. The van der Waals surface area contributed by atoms with Gasteiger partial charge in [-0.2, -0.15) is 0 Å². The van der Waals surface area contributed by atoms with Crippen molar-refractivity contribution >= 4 is 15.9 Å². The Hall–Kier alpha value is -0.610. The zero-order valence-corrected chi connectivity index (χ0v) is 12.0. The summed E-state index contributed by atoms with van der Waals surface area (Å²) in [4.78, 5) is 2.29. The topological polar surface area (TPSA) is 12.5 Å². The average molecular weight is 304 g/mol. The van der Waals surface area contributed by atoms with Gasteiger partial charge in [0, 0.05) is 11.9 Å². The largest absolute Gasteiger partial charge is 0.494 e. The van der Waals surface area contributed by atoms with E-state index in [0.29, 0.717) is 5.75 Å². The van der Waals surface area contributed by atoms with Crippen LogP contribution in [-0.2, 0) is 6.54 Å². The molecule has 1 aromatic rings. The molecule has 0 unspecified atom stereocenters. The highest BCUT2D eigenvalue weighted by Gasteiger charge is 2.07. The molecule has 0 aromatic heterocycles. The molecule has 0 bridgehead atoms. The fourth-order valence-electron chi connectivity index (χ4n) is 1.70. The van der Waals surface area contributed by atoms with Gasteiger partial charge in [-0.3, -0.25) is 4.90 Å². The maximum atomic E-state index is 13.5. The summed E-state index contributed by atoms with van der Waals surface area (Å²) in [5, 5.41) is 1.00. The van der Waals surface area contributed by atoms with E-state index >= 15 is 0 Å². The molecule has 0 aliphatic carbocycles. The molecule has 17 heavy (non-hydrogen) atoms. The smallest absolute Gasteiger partial charge is 0.165 e. The van der Waals surface area contributed by atoms with Crippen molar-refractivity contribution in [1.82, 2.24) is 4.90 Å². The van der Waals surface area contributed by atoms with Crippen LogP contribution in [0.4, 0.5) is 4.39 Å². The summed E-state index contributed by atoms with van der Waals surface area (Å²) in [5.74, 6) is 0.0128. The highest BCUT2D eigenvalue weighted by molar-refractivity contribution is 9.09. The third-order valence-corrected chi connectivity index (χ3v) is 3.24. The molecule has 2 nitrogen and oxygen atoms in total. The van der Waals surface area contributed by atoms with Gasteiger partial charge in [0.2, 0.25) is 0 Å². The van der Waals surface area contributed by atoms with Gasteiger partial charge >= 0.3 is 0 Å². The Morgan fingerprint density at radius 3 is 2.71 bits per heavy atom. The number of methoxy groups -OCH3 is 1. The summed E-state index contributed by atoms with van der Waals surface area (Å²) in [6, 6.07) is 5.15. The van der Waals surface area contributed by atoms with Crippen LogP contribution in [0, 0.1) is 5.82 Å². The fourth-order valence-corrected chi connectivity index (χ4v) is 1.95. The summed E-state index contributed by atoms with van der Waals surface area (Å²) in [6.45, 7) is 4.90. The number of ether oxygens (including phenoxy) is 1. The van der Waals surface area contributed by atoms with E-state index in [-0.39, 0.29) is 5.82 Å². The minimum absolute atomic E-state index is 0.290. The summed E-state index contributed by atoms with van der Waals surface area (Å²) >= 11 is 3.42. The van der Waals surface area contributed by atoms with Crippen LogP contribution in [0.25, 0.3) is 0 Å². The molecule has 1 aromatic carbocycles. The Kier molecular flexibility index (Phi) is 6.52. The number of hydrogen-bond acceptors (Lipinski definition) is 2. The molecule has 1 rings (SSSR count). The Balaban J connectivity index is 2.63. The van der Waals surface area contributed by atoms with Crippen LogP contribution < -0.4 is 4.74 Å². The van der Waals surface area contributed by atoms with Gasteiger partial charge in [0.1, 0.15) is 0 Å². The zero-order valence-electron chi connectivity index (χ0n) is 10.4. The summed E-state index contributed by atoms with van der Waals surface area (Å²) < 4.78 is 18.4. The highest BCUT2D eigenvalue weighted by Crippen LogP contribution is 2.18. The molecule has 0 saturated heterocycles. The molecule has 0 saturated carbocycles. The van der Waals surface area contributed by atoms with E-state index < -0.39 is 0 Å². The third kappa shape index (κ3) is 4.64. The molecule has 0 amide bonds. The Morgan fingerprint density at radius 1 is 1.41 bits per heavy atom. The quantitative estimate of drug-likeness (QED) is 0.716. The molecule has 96 valence electrons. The first-order valence-electron chi connectivity index (χ1n) is 5.82. The molecular weight excluding hydrogens is 285 g/mol. The van der Waals surface area contributed by atoms with Crippen LogP contribution in [0.3, 0.4) is 0 Å². The normalized spacial score (nSPS) is 10.9. The van der Waals surface area contributed by atoms with Crippen molar-refractivity contribution in [1.29, 1.82) is 0 Å². The Morgan fingerprint density at radius 2 is 2.18 bits per heavy atom. The predicted molar refractivity (Wildman–Crippen MR) is 72.3 cm³/mol. The average Bonchev–Trinajstić information content (AvgIpc) is 2.34. The van der Waals surface area contributed by atoms with Crippen LogP contribution in [0.1, 0.15) is 18.9 Å². The van der Waals surface area contributed by atoms with E-state index in [1.807, 2.05) is 6.07 Å². The lowest BCUT2D eigenvalue weighted by atomic mass is 10.2. The molecule has 0 aliphatic rings. The van der Waals surface area contributed by atoms with Crippen molar-refractivity contribution in [3.63, 3.8) is 0 Å². The first-order valence-corrected chi connectivity index (χ1v) is 6.94. The standard InChI is InChI=1S/C13H19BrFNO/c1-3-16(8-4-7-14)10-11-5-6-13(17-2)12(15)9-11/h5-6,9H,3-4,7-8,10H2,1-2H3. The monoisotopic (exact) mass is 303 g/mol. The van der Waals surface area contributed by atoms with Gasteiger partial charge in [0.05, 0.1) is 7.11 Å². The lowest BCUT2D eigenvalue weighted by molar-refractivity contribution is 0.281. The van der Waals surface area contributed by atoms with E-state index in [0.717, 1.165) is 36.9 Å². The number of hydrogen-bond donors (Lipinski definition) is 0. The predicted octanol–water partition coefficient (Wildman–Crippen LogP) is 3.44. The van der Waals surface area contributed by atoms with Crippen LogP contribution >= 0.6 is 15.9 Å². The van der Waals surface area contributed by atoms with Gasteiger partial charge in [-0.1, -0.05) is 28.9 Å². The third-order valence-electron chi connectivity index (χ3n) is 2.68. The van der Waals surface area contributed by atoms with Crippen LogP contribution in [0.15, 0.2) is 18.2 Å². The first-order chi connectivity index (χ1) is 8.21. The Labute approximate surface area is 111 Å².